The van der Waals surface area contributed by atoms with E-state index in [0.29, 0.717) is 5.56 Å². The second-order valence-corrected chi connectivity index (χ2v) is 5.52. The van der Waals surface area contributed by atoms with Crippen LogP contribution in [0.2, 0.25) is 0 Å². The Hall–Kier alpha value is -1.30. The molecule has 0 heterocycles. The molecule has 20 heavy (non-hydrogen) atoms. The second-order valence-electron chi connectivity index (χ2n) is 4.66. The van der Waals surface area contributed by atoms with E-state index in [1.165, 1.54) is 6.07 Å². The van der Waals surface area contributed by atoms with Gasteiger partial charge in [-0.3, -0.25) is 11.3 Å². The number of nitrogens with two attached hydrogens (primary N) is 1. The Bertz CT molecular complexity index is 617. The summed E-state index contributed by atoms with van der Waals surface area (Å²) < 4.78 is 27.9. The number of nitrogens with one attached hydrogen (secondary N) is 1. The van der Waals surface area contributed by atoms with Gasteiger partial charge in [0.15, 0.2) is 11.6 Å². The smallest absolute Gasteiger partial charge is 0.162 e. The van der Waals surface area contributed by atoms with Crippen molar-refractivity contribution in [1.82, 2.24) is 5.43 Å². The molecule has 2 rings (SSSR count). The van der Waals surface area contributed by atoms with Gasteiger partial charge in [0.1, 0.15) is 0 Å². The molecule has 0 bridgehead atoms. The van der Waals surface area contributed by atoms with Crippen molar-refractivity contribution in [2.75, 3.05) is 0 Å². The lowest BCUT2D eigenvalue weighted by atomic mass is 9.97. The van der Waals surface area contributed by atoms with Crippen LogP contribution in [0.5, 0.6) is 0 Å². The van der Waals surface area contributed by atoms with E-state index in [1.54, 1.807) is 6.07 Å². The van der Waals surface area contributed by atoms with E-state index < -0.39 is 11.6 Å². The molecule has 0 aliphatic carbocycles. The highest BCUT2D eigenvalue weighted by atomic mass is 79.9. The zero-order chi connectivity index (χ0) is 14.7. The third kappa shape index (κ3) is 3.23. The molecule has 0 saturated carbocycles. The monoisotopic (exact) mass is 340 g/mol. The maximum Gasteiger partial charge on any atom is 0.162 e. The van der Waals surface area contributed by atoms with Crippen molar-refractivity contribution < 1.29 is 8.78 Å². The molecule has 3 N–H and O–H groups in total. The fourth-order valence-electron chi connectivity index (χ4n) is 2.11. The maximum atomic E-state index is 13.7. The summed E-state index contributed by atoms with van der Waals surface area (Å²) in [5.74, 6) is 3.90. The predicted molar refractivity (Wildman–Crippen MR) is 79.0 cm³/mol. The summed E-state index contributed by atoms with van der Waals surface area (Å²) in [4.78, 5) is 0. The van der Waals surface area contributed by atoms with Crippen LogP contribution in [0.1, 0.15) is 22.7 Å². The van der Waals surface area contributed by atoms with Crippen LogP contribution in [0.15, 0.2) is 40.9 Å². The number of aryl methyl sites for hydroxylation is 1. The van der Waals surface area contributed by atoms with Crippen LogP contribution >= 0.6 is 15.9 Å². The molecule has 5 heteroatoms. The van der Waals surface area contributed by atoms with Crippen LogP contribution < -0.4 is 11.3 Å². The average Bonchev–Trinajstić information content (AvgIpc) is 2.43. The Morgan fingerprint density at radius 3 is 2.70 bits per heavy atom. The number of rotatable bonds is 4. The molecule has 0 amide bonds. The third-order valence-corrected chi connectivity index (χ3v) is 3.91. The summed E-state index contributed by atoms with van der Waals surface area (Å²) in [7, 11) is 0. The Morgan fingerprint density at radius 2 is 2.00 bits per heavy atom. The van der Waals surface area contributed by atoms with Crippen molar-refractivity contribution in [3.8, 4) is 0 Å². The first-order valence-electron chi connectivity index (χ1n) is 6.18. The first-order chi connectivity index (χ1) is 9.52. The van der Waals surface area contributed by atoms with Crippen LogP contribution in [-0.2, 0) is 6.42 Å². The minimum Gasteiger partial charge on any atom is -0.271 e. The highest BCUT2D eigenvalue weighted by Gasteiger charge is 2.17. The van der Waals surface area contributed by atoms with Crippen LogP contribution in [-0.4, -0.2) is 0 Å². The third-order valence-electron chi connectivity index (χ3n) is 3.18. The van der Waals surface area contributed by atoms with E-state index >= 15 is 0 Å². The lowest BCUT2D eigenvalue weighted by molar-refractivity contribution is 0.481. The van der Waals surface area contributed by atoms with Crippen molar-refractivity contribution in [1.29, 1.82) is 0 Å². The number of hydrogen-bond donors (Lipinski definition) is 2. The molecule has 2 nitrogen and oxygen atoms in total. The van der Waals surface area contributed by atoms with Crippen molar-refractivity contribution >= 4 is 15.9 Å². The van der Waals surface area contributed by atoms with Crippen molar-refractivity contribution in [3.05, 3.63) is 69.2 Å². The highest BCUT2D eigenvalue weighted by molar-refractivity contribution is 9.10. The molecule has 2 aromatic carbocycles. The van der Waals surface area contributed by atoms with Crippen LogP contribution in [0, 0.1) is 18.6 Å². The molecule has 106 valence electrons. The highest BCUT2D eigenvalue weighted by Crippen LogP contribution is 2.27. The first-order valence-corrected chi connectivity index (χ1v) is 6.97. The van der Waals surface area contributed by atoms with E-state index in [1.807, 2.05) is 25.1 Å². The van der Waals surface area contributed by atoms with E-state index in [4.69, 9.17) is 5.84 Å². The molecular formula is C15H15BrF2N2. The average molecular weight is 341 g/mol. The Morgan fingerprint density at radius 1 is 1.25 bits per heavy atom. The van der Waals surface area contributed by atoms with Gasteiger partial charge in [-0.2, -0.15) is 0 Å². The fraction of sp³-hybridized carbons (Fsp3) is 0.200. The summed E-state index contributed by atoms with van der Waals surface area (Å²) in [6.45, 7) is 1.96. The quantitative estimate of drug-likeness (QED) is 0.656. The topological polar surface area (TPSA) is 38.0 Å². The number of hydrazine groups is 1. The molecule has 0 saturated heterocycles. The lowest BCUT2D eigenvalue weighted by Crippen LogP contribution is -2.30. The SMILES string of the molecule is Cc1ccc(Br)c(C(Cc2cccc(F)c2F)NN)c1. The van der Waals surface area contributed by atoms with Gasteiger partial charge in [0.25, 0.3) is 0 Å². The molecule has 0 radical (unpaired) electrons. The van der Waals surface area contributed by atoms with E-state index in [-0.39, 0.29) is 12.5 Å². The second kappa shape index (κ2) is 6.43. The maximum absolute atomic E-state index is 13.7. The minimum atomic E-state index is -0.846. The summed E-state index contributed by atoms with van der Waals surface area (Å²) in [6.07, 6.45) is 0.266. The molecule has 1 atom stereocenters. The molecule has 2 aromatic rings. The molecule has 0 aliphatic rings. The molecule has 0 spiro atoms. The molecule has 0 aliphatic heterocycles. The Labute approximate surface area is 125 Å². The van der Waals surface area contributed by atoms with Crippen LogP contribution in [0.25, 0.3) is 0 Å². The van der Waals surface area contributed by atoms with Gasteiger partial charge < -0.3 is 0 Å². The minimum absolute atomic E-state index is 0.266. The van der Waals surface area contributed by atoms with Gasteiger partial charge in [-0.05, 0) is 36.6 Å². The van der Waals surface area contributed by atoms with E-state index in [9.17, 15) is 8.78 Å². The van der Waals surface area contributed by atoms with Gasteiger partial charge >= 0.3 is 0 Å². The molecule has 0 aromatic heterocycles. The number of halogens is 3. The fourth-order valence-corrected chi connectivity index (χ4v) is 2.64. The van der Waals surface area contributed by atoms with Crippen molar-refractivity contribution in [2.24, 2.45) is 5.84 Å². The Balaban J connectivity index is 2.34. The normalized spacial score (nSPS) is 12.4. The zero-order valence-electron chi connectivity index (χ0n) is 11.0. The van der Waals surface area contributed by atoms with Crippen LogP contribution in [0.4, 0.5) is 8.78 Å². The summed E-state index contributed by atoms with van der Waals surface area (Å²) in [6, 6.07) is 9.69. The van der Waals surface area contributed by atoms with E-state index in [2.05, 4.69) is 21.4 Å². The van der Waals surface area contributed by atoms with E-state index in [0.717, 1.165) is 21.7 Å². The predicted octanol–water partition coefficient (Wildman–Crippen LogP) is 3.78. The number of benzene rings is 2. The van der Waals surface area contributed by atoms with Gasteiger partial charge in [-0.15, -0.1) is 0 Å². The standard InChI is InChI=1S/C15H15BrF2N2/c1-9-5-6-12(16)11(7-9)14(20-19)8-10-3-2-4-13(17)15(10)18/h2-7,14,20H,8,19H2,1H3. The molecule has 1 unspecified atom stereocenters. The zero-order valence-corrected chi connectivity index (χ0v) is 12.5. The molecular weight excluding hydrogens is 326 g/mol. The van der Waals surface area contributed by atoms with Gasteiger partial charge in [0.2, 0.25) is 0 Å². The lowest BCUT2D eigenvalue weighted by Gasteiger charge is -2.19. The number of hydrogen-bond acceptors (Lipinski definition) is 2. The van der Waals surface area contributed by atoms with Gasteiger partial charge in [-0.1, -0.05) is 45.8 Å². The Kier molecular flexibility index (Phi) is 4.86. The summed E-state index contributed by atoms with van der Waals surface area (Å²) >= 11 is 3.45. The van der Waals surface area contributed by atoms with Crippen molar-refractivity contribution in [3.63, 3.8) is 0 Å². The summed E-state index contributed by atoms with van der Waals surface area (Å²) in [5, 5.41) is 0. The van der Waals surface area contributed by atoms with Gasteiger partial charge in [0.05, 0.1) is 6.04 Å². The van der Waals surface area contributed by atoms with Crippen molar-refractivity contribution in [2.45, 2.75) is 19.4 Å². The molecule has 0 fully saturated rings. The first kappa shape index (κ1) is 15.1. The van der Waals surface area contributed by atoms with Gasteiger partial charge in [-0.25, -0.2) is 8.78 Å². The van der Waals surface area contributed by atoms with Crippen LogP contribution in [0.3, 0.4) is 0 Å². The largest absolute Gasteiger partial charge is 0.271 e. The summed E-state index contributed by atoms with van der Waals surface area (Å²) in [5.41, 5.74) is 4.94. The van der Waals surface area contributed by atoms with Gasteiger partial charge in [0, 0.05) is 4.47 Å².